The van der Waals surface area contributed by atoms with Gasteiger partial charge in [-0.05, 0) is 35.6 Å². The maximum atomic E-state index is 5.33. The number of hydrogen-bond donors (Lipinski definition) is 2. The Labute approximate surface area is 57.1 Å². The van der Waals surface area contributed by atoms with Crippen LogP contribution in [0.1, 0.15) is 6.92 Å². The molecule has 0 unspecified atom stereocenters. The molecule has 0 aromatic heterocycles. The third-order valence-corrected chi connectivity index (χ3v) is 0.782. The lowest BCUT2D eigenvalue weighted by molar-refractivity contribution is 0.922. The van der Waals surface area contributed by atoms with Gasteiger partial charge in [0.15, 0.2) is 0 Å². The Balaban J connectivity index is 3.45. The third-order valence-electron chi connectivity index (χ3n) is 0.422. The van der Waals surface area contributed by atoms with E-state index in [1.807, 2.05) is 29.5 Å². The zero-order valence-corrected chi connectivity index (χ0v) is 6.34. The summed E-state index contributed by atoms with van der Waals surface area (Å²) in [4.78, 5) is 0. The van der Waals surface area contributed by atoms with Crippen molar-refractivity contribution >= 4 is 22.6 Å². The molecule has 0 aliphatic heterocycles. The Morgan fingerprint density at radius 2 is 2.29 bits per heavy atom. The molecule has 0 aromatic rings. The van der Waals surface area contributed by atoms with Crippen LogP contribution in [0.3, 0.4) is 0 Å². The van der Waals surface area contributed by atoms with Crippen molar-refractivity contribution in [1.82, 2.24) is 0 Å². The van der Waals surface area contributed by atoms with E-state index < -0.39 is 0 Å². The van der Waals surface area contributed by atoms with Gasteiger partial charge in [-0.1, -0.05) is 0 Å². The van der Waals surface area contributed by atoms with E-state index in [0.717, 1.165) is 3.70 Å². The van der Waals surface area contributed by atoms with E-state index in [2.05, 4.69) is 0 Å². The Kier molecular flexibility index (Phi) is 3.37. The van der Waals surface area contributed by atoms with Crippen molar-refractivity contribution in [3.8, 4) is 0 Å². The fourth-order valence-electron chi connectivity index (χ4n) is 0.251. The first-order valence-corrected chi connectivity index (χ1v) is 3.09. The molecule has 0 aliphatic carbocycles. The van der Waals surface area contributed by atoms with Gasteiger partial charge >= 0.3 is 0 Å². The molecule has 42 valence electrons. The normalized spacial score (nSPS) is 16.7. The van der Waals surface area contributed by atoms with Gasteiger partial charge in [0.1, 0.15) is 0 Å². The highest BCUT2D eigenvalue weighted by molar-refractivity contribution is 14.1. The van der Waals surface area contributed by atoms with E-state index in [1.54, 1.807) is 6.08 Å². The molecule has 0 spiro atoms. The average Bonchev–Trinajstić information content (AvgIpc) is 1.27. The van der Waals surface area contributed by atoms with Crippen molar-refractivity contribution in [3.63, 3.8) is 0 Å². The van der Waals surface area contributed by atoms with Gasteiger partial charge in [0.05, 0.1) is 3.70 Å². The molecule has 0 heterocycles. The van der Waals surface area contributed by atoms with Crippen LogP contribution >= 0.6 is 22.6 Å². The second-order valence-electron chi connectivity index (χ2n) is 1.41. The van der Waals surface area contributed by atoms with Gasteiger partial charge in [-0.2, -0.15) is 0 Å². The SMILES string of the molecule is C[C@H](N)/C=C(\N)I. The zero-order chi connectivity index (χ0) is 5.86. The summed E-state index contributed by atoms with van der Waals surface area (Å²) in [5.74, 6) is 0. The molecule has 0 amide bonds. The molecule has 2 nitrogen and oxygen atoms in total. The fraction of sp³-hybridized carbons (Fsp3) is 0.500. The highest BCUT2D eigenvalue weighted by Gasteiger charge is 1.84. The molecular weight excluding hydrogens is 203 g/mol. The van der Waals surface area contributed by atoms with E-state index in [-0.39, 0.29) is 6.04 Å². The van der Waals surface area contributed by atoms with E-state index in [0.29, 0.717) is 0 Å². The van der Waals surface area contributed by atoms with Crippen LogP contribution in [0.25, 0.3) is 0 Å². The topological polar surface area (TPSA) is 52.0 Å². The smallest absolute Gasteiger partial charge is 0.0680 e. The zero-order valence-electron chi connectivity index (χ0n) is 4.19. The highest BCUT2D eigenvalue weighted by Crippen LogP contribution is 1.95. The first kappa shape index (κ1) is 7.23. The maximum absolute atomic E-state index is 5.33. The van der Waals surface area contributed by atoms with Gasteiger partial charge < -0.3 is 11.5 Å². The summed E-state index contributed by atoms with van der Waals surface area (Å²) < 4.78 is 0.757. The first-order valence-electron chi connectivity index (χ1n) is 2.01. The average molecular weight is 212 g/mol. The molecule has 0 fully saturated rings. The summed E-state index contributed by atoms with van der Waals surface area (Å²) in [6.45, 7) is 1.88. The molecular formula is C4H9IN2. The molecule has 0 radical (unpaired) electrons. The van der Waals surface area contributed by atoms with Crippen LogP contribution in [0.15, 0.2) is 9.78 Å². The number of halogens is 1. The predicted octanol–water partition coefficient (Wildman–Crippen LogP) is 0.569. The van der Waals surface area contributed by atoms with Gasteiger partial charge in [0.25, 0.3) is 0 Å². The predicted molar refractivity (Wildman–Crippen MR) is 39.9 cm³/mol. The Morgan fingerprint density at radius 3 is 2.29 bits per heavy atom. The molecule has 0 saturated carbocycles. The van der Waals surface area contributed by atoms with E-state index in [4.69, 9.17) is 11.5 Å². The van der Waals surface area contributed by atoms with Crippen LogP contribution in [0, 0.1) is 0 Å². The molecule has 0 aromatic carbocycles. The van der Waals surface area contributed by atoms with Crippen molar-refractivity contribution in [2.75, 3.05) is 0 Å². The van der Waals surface area contributed by atoms with Crippen LogP contribution in [-0.4, -0.2) is 6.04 Å². The van der Waals surface area contributed by atoms with Gasteiger partial charge in [-0.3, -0.25) is 0 Å². The lowest BCUT2D eigenvalue weighted by atomic mass is 10.4. The standard InChI is InChI=1S/C4H9IN2/c1-3(6)2-4(5)7/h2-3H,6-7H2,1H3/b4-2-/t3-/m0/s1. The Bertz CT molecular complexity index is 73.8. The molecule has 4 N–H and O–H groups in total. The summed E-state index contributed by atoms with van der Waals surface area (Å²) in [6, 6.07) is 0.0805. The van der Waals surface area contributed by atoms with Crippen molar-refractivity contribution < 1.29 is 0 Å². The summed E-state index contributed by atoms with van der Waals surface area (Å²) in [5, 5.41) is 0. The van der Waals surface area contributed by atoms with Crippen LogP contribution < -0.4 is 11.5 Å². The van der Waals surface area contributed by atoms with Crippen molar-refractivity contribution in [2.24, 2.45) is 11.5 Å². The van der Waals surface area contributed by atoms with Crippen molar-refractivity contribution in [3.05, 3.63) is 9.78 Å². The second kappa shape index (κ2) is 3.26. The molecule has 0 aliphatic rings. The second-order valence-corrected chi connectivity index (χ2v) is 2.66. The van der Waals surface area contributed by atoms with E-state index >= 15 is 0 Å². The summed E-state index contributed by atoms with van der Waals surface area (Å²) >= 11 is 2.02. The Hall–Kier alpha value is 0.230. The monoisotopic (exact) mass is 212 g/mol. The van der Waals surface area contributed by atoms with Crippen LogP contribution in [0.4, 0.5) is 0 Å². The highest BCUT2D eigenvalue weighted by atomic mass is 127. The van der Waals surface area contributed by atoms with Gasteiger partial charge in [0, 0.05) is 6.04 Å². The van der Waals surface area contributed by atoms with Gasteiger partial charge in [0.2, 0.25) is 0 Å². The summed E-state index contributed by atoms with van der Waals surface area (Å²) in [7, 11) is 0. The minimum atomic E-state index is 0.0805. The van der Waals surface area contributed by atoms with E-state index in [1.165, 1.54) is 0 Å². The fourth-order valence-corrected chi connectivity index (χ4v) is 0.818. The molecule has 3 heteroatoms. The van der Waals surface area contributed by atoms with Crippen LogP contribution in [0.5, 0.6) is 0 Å². The lowest BCUT2D eigenvalue weighted by Gasteiger charge is -1.92. The summed E-state index contributed by atoms with van der Waals surface area (Å²) in [5.41, 5.74) is 10.6. The van der Waals surface area contributed by atoms with Crippen LogP contribution in [-0.2, 0) is 0 Å². The number of hydrogen-bond acceptors (Lipinski definition) is 2. The quantitative estimate of drug-likeness (QED) is 0.493. The lowest BCUT2D eigenvalue weighted by Crippen LogP contribution is -2.12. The number of nitrogens with two attached hydrogens (primary N) is 2. The Morgan fingerprint density at radius 1 is 1.86 bits per heavy atom. The molecule has 0 rings (SSSR count). The third kappa shape index (κ3) is 6.23. The van der Waals surface area contributed by atoms with Gasteiger partial charge in [-0.25, -0.2) is 0 Å². The molecule has 0 bridgehead atoms. The molecule has 0 saturated heterocycles. The minimum absolute atomic E-state index is 0.0805. The number of rotatable bonds is 1. The first-order chi connectivity index (χ1) is 3.13. The van der Waals surface area contributed by atoms with Crippen molar-refractivity contribution in [1.29, 1.82) is 0 Å². The van der Waals surface area contributed by atoms with Gasteiger partial charge in [-0.15, -0.1) is 0 Å². The molecule has 1 atom stereocenters. The van der Waals surface area contributed by atoms with E-state index in [9.17, 15) is 0 Å². The summed E-state index contributed by atoms with van der Waals surface area (Å²) in [6.07, 6.45) is 1.79. The molecule has 7 heavy (non-hydrogen) atoms. The minimum Gasteiger partial charge on any atom is -0.394 e. The maximum Gasteiger partial charge on any atom is 0.0680 e. The van der Waals surface area contributed by atoms with Crippen molar-refractivity contribution in [2.45, 2.75) is 13.0 Å². The largest absolute Gasteiger partial charge is 0.394 e. The van der Waals surface area contributed by atoms with Crippen LogP contribution in [0.2, 0.25) is 0 Å².